The molecule has 1 atom stereocenters. The fraction of sp³-hybridized carbons (Fsp3) is 0.389. The first-order valence-electron chi connectivity index (χ1n) is 8.68. The van der Waals surface area contributed by atoms with Crippen molar-refractivity contribution in [2.75, 3.05) is 29.9 Å². The average Bonchev–Trinajstić information content (AvgIpc) is 2.68. The Morgan fingerprint density at radius 1 is 1.30 bits per heavy atom. The van der Waals surface area contributed by atoms with Crippen molar-refractivity contribution in [1.82, 2.24) is 15.3 Å². The molecule has 0 spiro atoms. The molecular formula is C18H20F3N5O. The fourth-order valence-electron chi connectivity index (χ4n) is 2.97. The van der Waals surface area contributed by atoms with E-state index in [9.17, 15) is 18.0 Å². The molecule has 0 radical (unpaired) electrons. The fourth-order valence-corrected chi connectivity index (χ4v) is 2.97. The number of para-hydroxylation sites is 1. The standard InChI is InChI=1S/C18H20F3N5O/c19-13-5-1-2-6-14(13)24-16-7-8-22-18(25-16)26-9-3-4-12(11-26)17(27)23-10-15(20)21/h1-2,5-8,12,15H,3-4,9-11H2,(H,23,27)(H,22,24,25). The summed E-state index contributed by atoms with van der Waals surface area (Å²) in [4.78, 5) is 22.5. The Kier molecular flexibility index (Phi) is 6.10. The first kappa shape index (κ1) is 18.9. The van der Waals surface area contributed by atoms with Crippen LogP contribution in [-0.4, -0.2) is 41.9 Å². The van der Waals surface area contributed by atoms with Gasteiger partial charge in [0.2, 0.25) is 11.9 Å². The minimum absolute atomic E-state index is 0.296. The number of amides is 1. The highest BCUT2D eigenvalue weighted by Gasteiger charge is 2.27. The van der Waals surface area contributed by atoms with E-state index in [1.165, 1.54) is 6.07 Å². The molecule has 1 aliphatic heterocycles. The molecule has 2 N–H and O–H groups in total. The smallest absolute Gasteiger partial charge is 0.255 e. The lowest BCUT2D eigenvalue weighted by Crippen LogP contribution is -2.44. The highest BCUT2D eigenvalue weighted by atomic mass is 19.3. The molecule has 3 rings (SSSR count). The Balaban J connectivity index is 1.67. The van der Waals surface area contributed by atoms with Gasteiger partial charge >= 0.3 is 0 Å². The summed E-state index contributed by atoms with van der Waals surface area (Å²) in [5.74, 6) is -0.353. The number of rotatable bonds is 6. The van der Waals surface area contributed by atoms with Crippen LogP contribution < -0.4 is 15.5 Å². The number of hydrogen-bond donors (Lipinski definition) is 2. The number of piperidine rings is 1. The van der Waals surface area contributed by atoms with E-state index in [-0.39, 0.29) is 5.91 Å². The van der Waals surface area contributed by atoms with E-state index in [0.717, 1.165) is 6.42 Å². The van der Waals surface area contributed by atoms with Gasteiger partial charge in [0.15, 0.2) is 0 Å². The molecular weight excluding hydrogens is 359 g/mol. The molecule has 1 aliphatic rings. The number of benzene rings is 1. The Labute approximate surface area is 154 Å². The van der Waals surface area contributed by atoms with Crippen LogP contribution in [0.15, 0.2) is 36.5 Å². The minimum Gasteiger partial charge on any atom is -0.350 e. The van der Waals surface area contributed by atoms with Crippen molar-refractivity contribution in [3.05, 3.63) is 42.3 Å². The topological polar surface area (TPSA) is 70.2 Å². The predicted molar refractivity (Wildman–Crippen MR) is 95.7 cm³/mol. The van der Waals surface area contributed by atoms with Crippen LogP contribution in [0.25, 0.3) is 0 Å². The second kappa shape index (κ2) is 8.70. The zero-order valence-corrected chi connectivity index (χ0v) is 14.5. The summed E-state index contributed by atoms with van der Waals surface area (Å²) >= 11 is 0. The van der Waals surface area contributed by atoms with Gasteiger partial charge < -0.3 is 15.5 Å². The van der Waals surface area contributed by atoms with Gasteiger partial charge in [-0.1, -0.05) is 12.1 Å². The predicted octanol–water partition coefficient (Wildman–Crippen LogP) is 2.96. The van der Waals surface area contributed by atoms with Gasteiger partial charge in [0.1, 0.15) is 11.6 Å². The normalized spacial score (nSPS) is 17.0. The van der Waals surface area contributed by atoms with E-state index in [1.807, 2.05) is 4.90 Å². The highest BCUT2D eigenvalue weighted by Crippen LogP contribution is 2.23. The summed E-state index contributed by atoms with van der Waals surface area (Å²) in [5, 5.41) is 5.17. The molecule has 2 heterocycles. The van der Waals surface area contributed by atoms with Crippen LogP contribution in [0.1, 0.15) is 12.8 Å². The number of halogens is 3. The van der Waals surface area contributed by atoms with Gasteiger partial charge in [-0.05, 0) is 31.0 Å². The van der Waals surface area contributed by atoms with Gasteiger partial charge in [0.05, 0.1) is 18.2 Å². The summed E-state index contributed by atoms with van der Waals surface area (Å²) in [6.45, 7) is 0.355. The van der Waals surface area contributed by atoms with Crippen molar-refractivity contribution in [2.45, 2.75) is 19.3 Å². The Morgan fingerprint density at radius 3 is 2.89 bits per heavy atom. The number of alkyl halides is 2. The summed E-state index contributed by atoms with van der Waals surface area (Å²) in [6.07, 6.45) is 0.323. The van der Waals surface area contributed by atoms with Crippen molar-refractivity contribution in [3.8, 4) is 0 Å². The number of carbonyl (C=O) groups is 1. The van der Waals surface area contributed by atoms with Crippen molar-refractivity contribution in [2.24, 2.45) is 5.92 Å². The van der Waals surface area contributed by atoms with Gasteiger partial charge in [-0.15, -0.1) is 0 Å². The highest BCUT2D eigenvalue weighted by molar-refractivity contribution is 5.79. The zero-order chi connectivity index (χ0) is 19.2. The molecule has 1 fully saturated rings. The third kappa shape index (κ3) is 5.08. The Morgan fingerprint density at radius 2 is 2.11 bits per heavy atom. The third-order valence-corrected chi connectivity index (χ3v) is 4.29. The molecule has 2 aromatic rings. The second-order valence-corrected chi connectivity index (χ2v) is 6.27. The largest absolute Gasteiger partial charge is 0.350 e. The first-order chi connectivity index (χ1) is 13.0. The van der Waals surface area contributed by atoms with E-state index >= 15 is 0 Å². The van der Waals surface area contributed by atoms with Crippen molar-refractivity contribution >= 4 is 23.4 Å². The number of nitrogens with zero attached hydrogens (tertiary/aromatic N) is 3. The van der Waals surface area contributed by atoms with Crippen LogP contribution >= 0.6 is 0 Å². The summed E-state index contributed by atoms with van der Waals surface area (Å²) in [5.41, 5.74) is 0.296. The molecule has 1 amide bonds. The molecule has 27 heavy (non-hydrogen) atoms. The Bertz CT molecular complexity index is 789. The quantitative estimate of drug-likeness (QED) is 0.808. The average molecular weight is 379 g/mol. The lowest BCUT2D eigenvalue weighted by molar-refractivity contribution is -0.125. The summed E-state index contributed by atoms with van der Waals surface area (Å²) in [7, 11) is 0. The molecule has 0 bridgehead atoms. The van der Waals surface area contributed by atoms with E-state index in [4.69, 9.17) is 0 Å². The van der Waals surface area contributed by atoms with Crippen molar-refractivity contribution in [1.29, 1.82) is 0 Å². The molecule has 0 aliphatic carbocycles. The van der Waals surface area contributed by atoms with Crippen molar-refractivity contribution < 1.29 is 18.0 Å². The maximum absolute atomic E-state index is 13.8. The molecule has 1 unspecified atom stereocenters. The molecule has 9 heteroatoms. The maximum Gasteiger partial charge on any atom is 0.255 e. The zero-order valence-electron chi connectivity index (χ0n) is 14.5. The summed E-state index contributed by atoms with van der Waals surface area (Å²) < 4.78 is 38.3. The van der Waals surface area contributed by atoms with Crippen molar-refractivity contribution in [3.63, 3.8) is 0 Å². The van der Waals surface area contributed by atoms with Gasteiger partial charge in [-0.2, -0.15) is 4.98 Å². The number of anilines is 3. The number of hydrogen-bond acceptors (Lipinski definition) is 5. The molecule has 0 saturated carbocycles. The molecule has 1 aromatic carbocycles. The van der Waals surface area contributed by atoms with Gasteiger partial charge in [-0.25, -0.2) is 18.2 Å². The van der Waals surface area contributed by atoms with E-state index in [2.05, 4.69) is 20.6 Å². The second-order valence-electron chi connectivity index (χ2n) is 6.27. The number of nitrogens with one attached hydrogen (secondary N) is 2. The molecule has 6 nitrogen and oxygen atoms in total. The maximum atomic E-state index is 13.8. The SMILES string of the molecule is O=C(NCC(F)F)C1CCCN(c2nccc(Nc3ccccc3F)n2)C1. The number of aromatic nitrogens is 2. The van der Waals surface area contributed by atoms with Crippen LogP contribution in [0.5, 0.6) is 0 Å². The van der Waals surface area contributed by atoms with E-state index in [0.29, 0.717) is 37.0 Å². The van der Waals surface area contributed by atoms with Crippen LogP contribution in [0.4, 0.5) is 30.6 Å². The lowest BCUT2D eigenvalue weighted by atomic mass is 9.97. The molecule has 1 saturated heterocycles. The van der Waals surface area contributed by atoms with Gasteiger partial charge in [0, 0.05) is 19.3 Å². The number of carbonyl (C=O) groups excluding carboxylic acids is 1. The van der Waals surface area contributed by atoms with Crippen LogP contribution in [-0.2, 0) is 4.79 Å². The van der Waals surface area contributed by atoms with Crippen LogP contribution in [0.2, 0.25) is 0 Å². The minimum atomic E-state index is -2.57. The van der Waals surface area contributed by atoms with E-state index in [1.54, 1.807) is 30.5 Å². The van der Waals surface area contributed by atoms with E-state index < -0.39 is 24.7 Å². The Hall–Kier alpha value is -2.84. The lowest BCUT2D eigenvalue weighted by Gasteiger charge is -2.32. The molecule has 144 valence electrons. The van der Waals surface area contributed by atoms with Crippen LogP contribution in [0, 0.1) is 11.7 Å². The van der Waals surface area contributed by atoms with Crippen LogP contribution in [0.3, 0.4) is 0 Å². The third-order valence-electron chi connectivity index (χ3n) is 4.29. The van der Waals surface area contributed by atoms with Gasteiger partial charge in [-0.3, -0.25) is 4.79 Å². The molecule has 1 aromatic heterocycles. The monoisotopic (exact) mass is 379 g/mol. The van der Waals surface area contributed by atoms with Gasteiger partial charge in [0.25, 0.3) is 6.43 Å². The first-order valence-corrected chi connectivity index (χ1v) is 8.68. The summed E-state index contributed by atoms with van der Waals surface area (Å²) in [6, 6.07) is 7.87.